The fourth-order valence-corrected chi connectivity index (χ4v) is 1.58. The van der Waals surface area contributed by atoms with Crippen molar-refractivity contribution in [2.24, 2.45) is 5.73 Å². The van der Waals surface area contributed by atoms with E-state index in [0.29, 0.717) is 5.76 Å². The van der Waals surface area contributed by atoms with Gasteiger partial charge in [-0.25, -0.2) is 0 Å². The Morgan fingerprint density at radius 1 is 1.47 bits per heavy atom. The summed E-state index contributed by atoms with van der Waals surface area (Å²) in [6, 6.07) is 6.94. The third-order valence-corrected chi connectivity index (χ3v) is 2.27. The van der Waals surface area contributed by atoms with Crippen LogP contribution in [-0.4, -0.2) is 11.1 Å². The number of furan rings is 1. The number of hydrogen-bond acceptors (Lipinski definition) is 3. The maximum absolute atomic E-state index is 10.5. The van der Waals surface area contributed by atoms with Crippen LogP contribution in [0.15, 0.2) is 34.9 Å². The first-order valence-electron chi connectivity index (χ1n) is 4.62. The van der Waals surface area contributed by atoms with Crippen molar-refractivity contribution in [1.29, 1.82) is 0 Å². The summed E-state index contributed by atoms with van der Waals surface area (Å²) in [7, 11) is 0. The van der Waals surface area contributed by atoms with Gasteiger partial charge in [-0.05, 0) is 0 Å². The lowest BCUT2D eigenvalue weighted by molar-refractivity contribution is -0.137. The molecule has 1 heterocycles. The SMILES string of the molecule is NC(CC(=O)O)c1occ2ccccc12. The van der Waals surface area contributed by atoms with Gasteiger partial charge in [-0.2, -0.15) is 0 Å². The highest BCUT2D eigenvalue weighted by atomic mass is 16.4. The van der Waals surface area contributed by atoms with Crippen LogP contribution in [0.4, 0.5) is 0 Å². The fourth-order valence-electron chi connectivity index (χ4n) is 1.58. The highest BCUT2D eigenvalue weighted by Gasteiger charge is 2.16. The summed E-state index contributed by atoms with van der Waals surface area (Å²) in [5.41, 5.74) is 5.73. The first-order chi connectivity index (χ1) is 7.18. The Hall–Kier alpha value is -1.81. The van der Waals surface area contributed by atoms with Gasteiger partial charge in [0.1, 0.15) is 5.76 Å². The maximum atomic E-state index is 10.5. The van der Waals surface area contributed by atoms with E-state index in [1.807, 2.05) is 24.3 Å². The van der Waals surface area contributed by atoms with Crippen LogP contribution in [0.1, 0.15) is 18.2 Å². The standard InChI is InChI=1S/C11H11NO3/c12-9(5-10(13)14)11-8-4-2-1-3-7(8)6-15-11/h1-4,6,9H,5,12H2,(H,13,14). The van der Waals surface area contributed by atoms with Gasteiger partial charge in [0.05, 0.1) is 18.7 Å². The van der Waals surface area contributed by atoms with Crippen molar-refractivity contribution in [2.75, 3.05) is 0 Å². The molecule has 1 aromatic carbocycles. The molecule has 4 nitrogen and oxygen atoms in total. The van der Waals surface area contributed by atoms with Gasteiger partial charge in [-0.1, -0.05) is 24.3 Å². The van der Waals surface area contributed by atoms with Gasteiger partial charge in [0, 0.05) is 10.8 Å². The topological polar surface area (TPSA) is 76.5 Å². The molecule has 3 N–H and O–H groups in total. The number of carbonyl (C=O) groups is 1. The molecule has 0 aliphatic heterocycles. The van der Waals surface area contributed by atoms with E-state index >= 15 is 0 Å². The lowest BCUT2D eigenvalue weighted by atomic mass is 10.1. The molecule has 4 heteroatoms. The van der Waals surface area contributed by atoms with Crippen molar-refractivity contribution < 1.29 is 14.3 Å². The largest absolute Gasteiger partial charge is 0.481 e. The van der Waals surface area contributed by atoms with Crippen molar-refractivity contribution >= 4 is 16.7 Å². The molecule has 2 rings (SSSR count). The van der Waals surface area contributed by atoms with Gasteiger partial charge in [0.25, 0.3) is 0 Å². The van der Waals surface area contributed by atoms with E-state index in [1.165, 1.54) is 0 Å². The summed E-state index contributed by atoms with van der Waals surface area (Å²) in [6.07, 6.45) is 1.46. The van der Waals surface area contributed by atoms with E-state index < -0.39 is 12.0 Å². The third-order valence-electron chi connectivity index (χ3n) is 2.27. The molecule has 0 fully saturated rings. The van der Waals surface area contributed by atoms with E-state index in [2.05, 4.69) is 0 Å². The predicted octanol–water partition coefficient (Wildman–Crippen LogP) is 1.91. The minimum absolute atomic E-state index is 0.127. The summed E-state index contributed by atoms with van der Waals surface area (Å²) < 4.78 is 5.29. The Labute approximate surface area is 86.3 Å². The van der Waals surface area contributed by atoms with Gasteiger partial charge in [-0.3, -0.25) is 4.79 Å². The highest BCUT2D eigenvalue weighted by molar-refractivity contribution is 5.84. The molecule has 1 atom stereocenters. The second-order valence-corrected chi connectivity index (χ2v) is 3.39. The van der Waals surface area contributed by atoms with Crippen molar-refractivity contribution in [1.82, 2.24) is 0 Å². The lowest BCUT2D eigenvalue weighted by Crippen LogP contribution is -2.14. The molecule has 0 amide bonds. The number of aliphatic carboxylic acids is 1. The van der Waals surface area contributed by atoms with E-state index in [9.17, 15) is 4.79 Å². The minimum Gasteiger partial charge on any atom is -0.481 e. The smallest absolute Gasteiger partial charge is 0.305 e. The molecule has 0 radical (unpaired) electrons. The lowest BCUT2D eigenvalue weighted by Gasteiger charge is -2.05. The number of carboxylic acid groups (broad SMARTS) is 1. The molecule has 1 aromatic heterocycles. The Morgan fingerprint density at radius 2 is 2.20 bits per heavy atom. The van der Waals surface area contributed by atoms with Gasteiger partial charge >= 0.3 is 5.97 Å². The van der Waals surface area contributed by atoms with Crippen molar-refractivity contribution in [2.45, 2.75) is 12.5 Å². The van der Waals surface area contributed by atoms with E-state index in [1.54, 1.807) is 6.26 Å². The van der Waals surface area contributed by atoms with Crippen molar-refractivity contribution in [3.8, 4) is 0 Å². The third kappa shape index (κ3) is 1.85. The van der Waals surface area contributed by atoms with Crippen LogP contribution >= 0.6 is 0 Å². The van der Waals surface area contributed by atoms with Gasteiger partial charge < -0.3 is 15.3 Å². The summed E-state index contributed by atoms with van der Waals surface area (Å²) in [6.45, 7) is 0. The van der Waals surface area contributed by atoms with Crippen LogP contribution in [0, 0.1) is 0 Å². The molecule has 0 bridgehead atoms. The van der Waals surface area contributed by atoms with Crippen molar-refractivity contribution in [3.05, 3.63) is 36.3 Å². The number of carboxylic acids is 1. The second-order valence-electron chi connectivity index (χ2n) is 3.39. The van der Waals surface area contributed by atoms with Crippen LogP contribution < -0.4 is 5.73 Å². The molecule has 0 saturated heterocycles. The second kappa shape index (κ2) is 3.74. The molecule has 0 aliphatic rings. The Bertz CT molecular complexity index is 489. The first kappa shape index (κ1) is 9.73. The molecule has 2 aromatic rings. The van der Waals surface area contributed by atoms with Gasteiger partial charge in [0.15, 0.2) is 0 Å². The Kier molecular flexibility index (Phi) is 2.43. The zero-order valence-corrected chi connectivity index (χ0v) is 8.01. The molecular weight excluding hydrogens is 194 g/mol. The molecule has 0 spiro atoms. The van der Waals surface area contributed by atoms with Crippen molar-refractivity contribution in [3.63, 3.8) is 0 Å². The number of fused-ring (bicyclic) bond motifs is 1. The number of benzene rings is 1. The molecule has 15 heavy (non-hydrogen) atoms. The normalized spacial score (nSPS) is 12.9. The molecule has 0 aliphatic carbocycles. The highest BCUT2D eigenvalue weighted by Crippen LogP contribution is 2.26. The van der Waals surface area contributed by atoms with Gasteiger partial charge in [0.2, 0.25) is 0 Å². The van der Waals surface area contributed by atoms with Crippen LogP contribution in [-0.2, 0) is 4.79 Å². The van der Waals surface area contributed by atoms with Crippen LogP contribution in [0.2, 0.25) is 0 Å². The van der Waals surface area contributed by atoms with E-state index in [-0.39, 0.29) is 6.42 Å². The number of nitrogens with two attached hydrogens (primary N) is 1. The molecule has 1 unspecified atom stereocenters. The Morgan fingerprint density at radius 3 is 2.93 bits per heavy atom. The number of rotatable bonds is 3. The zero-order chi connectivity index (χ0) is 10.8. The predicted molar refractivity (Wildman–Crippen MR) is 55.4 cm³/mol. The quantitative estimate of drug-likeness (QED) is 0.802. The number of hydrogen-bond donors (Lipinski definition) is 2. The van der Waals surface area contributed by atoms with Crippen LogP contribution in [0.5, 0.6) is 0 Å². The molecule has 0 saturated carbocycles. The monoisotopic (exact) mass is 205 g/mol. The van der Waals surface area contributed by atoms with Crippen LogP contribution in [0.25, 0.3) is 10.8 Å². The maximum Gasteiger partial charge on any atom is 0.305 e. The fraction of sp³-hybridized carbons (Fsp3) is 0.182. The van der Waals surface area contributed by atoms with Crippen LogP contribution in [0.3, 0.4) is 0 Å². The first-order valence-corrected chi connectivity index (χ1v) is 4.62. The molecular formula is C11H11NO3. The average Bonchev–Trinajstić information content (AvgIpc) is 2.59. The average molecular weight is 205 g/mol. The zero-order valence-electron chi connectivity index (χ0n) is 8.01. The summed E-state index contributed by atoms with van der Waals surface area (Å²) in [5, 5.41) is 10.5. The summed E-state index contributed by atoms with van der Waals surface area (Å²) >= 11 is 0. The van der Waals surface area contributed by atoms with E-state index in [0.717, 1.165) is 10.8 Å². The summed E-state index contributed by atoms with van der Waals surface area (Å²) in [4.78, 5) is 10.5. The van der Waals surface area contributed by atoms with E-state index in [4.69, 9.17) is 15.3 Å². The van der Waals surface area contributed by atoms with Gasteiger partial charge in [-0.15, -0.1) is 0 Å². The Balaban J connectivity index is 2.39. The molecule has 78 valence electrons. The minimum atomic E-state index is -0.928. The summed E-state index contributed by atoms with van der Waals surface area (Å²) in [5.74, 6) is -0.393.